The van der Waals surface area contributed by atoms with Crippen LogP contribution in [-0.4, -0.2) is 5.11 Å². The van der Waals surface area contributed by atoms with Crippen LogP contribution in [0.15, 0.2) is 36.4 Å². The topological polar surface area (TPSA) is 24.1 Å². The van der Waals surface area contributed by atoms with Gasteiger partial charge in [0.25, 0.3) is 0 Å². The lowest BCUT2D eigenvalue weighted by molar-refractivity contribution is -0.136. The number of alkyl halides is 3. The molecular formula is C15H11ClF4N2S. The number of nitrogens with one attached hydrogen (secondary N) is 2. The van der Waals surface area contributed by atoms with Gasteiger partial charge >= 0.3 is 6.18 Å². The zero-order valence-electron chi connectivity index (χ0n) is 11.8. The highest BCUT2D eigenvalue weighted by atomic mass is 35.5. The van der Waals surface area contributed by atoms with Crippen LogP contribution < -0.4 is 10.6 Å². The van der Waals surface area contributed by atoms with E-state index < -0.39 is 17.6 Å². The normalized spacial score (nSPS) is 11.2. The average molecular weight is 363 g/mol. The van der Waals surface area contributed by atoms with Gasteiger partial charge in [-0.05, 0) is 49.5 Å². The molecule has 2 aromatic carbocycles. The maximum absolute atomic E-state index is 13.5. The van der Waals surface area contributed by atoms with Crippen molar-refractivity contribution in [2.24, 2.45) is 0 Å². The molecule has 0 unspecified atom stereocenters. The first-order valence-corrected chi connectivity index (χ1v) is 7.17. The predicted molar refractivity (Wildman–Crippen MR) is 87.4 cm³/mol. The lowest BCUT2D eigenvalue weighted by atomic mass is 10.1. The standard InChI is InChI=1S/C15H11ClF4N2S/c1-8-11(17)3-2-4-12(8)21-14(23)22-13-6-5-9(16)7-10(13)15(18,19)20/h2-7H,1H3,(H2,21,22,23). The van der Waals surface area contributed by atoms with Crippen LogP contribution in [0, 0.1) is 12.7 Å². The first-order chi connectivity index (χ1) is 10.7. The number of rotatable bonds is 2. The predicted octanol–water partition coefficient (Wildman–Crippen LogP) is 5.62. The Morgan fingerprint density at radius 3 is 2.39 bits per heavy atom. The second kappa shape index (κ2) is 6.72. The Labute approximate surface area is 140 Å². The van der Waals surface area contributed by atoms with E-state index in [2.05, 4.69) is 10.6 Å². The highest BCUT2D eigenvalue weighted by Gasteiger charge is 2.34. The molecule has 0 radical (unpaired) electrons. The molecule has 8 heteroatoms. The van der Waals surface area contributed by atoms with Crippen molar-refractivity contribution >= 4 is 40.3 Å². The molecule has 0 spiro atoms. The second-order valence-corrected chi connectivity index (χ2v) is 5.52. The highest BCUT2D eigenvalue weighted by Crippen LogP contribution is 2.36. The molecule has 2 N–H and O–H groups in total. The quantitative estimate of drug-likeness (QED) is 0.536. The van der Waals surface area contributed by atoms with Gasteiger partial charge in [0, 0.05) is 16.3 Å². The summed E-state index contributed by atoms with van der Waals surface area (Å²) in [6.07, 6.45) is -4.59. The van der Waals surface area contributed by atoms with Crippen molar-refractivity contribution in [2.45, 2.75) is 13.1 Å². The van der Waals surface area contributed by atoms with Crippen LogP contribution in [0.2, 0.25) is 5.02 Å². The van der Waals surface area contributed by atoms with Crippen LogP contribution in [0.4, 0.5) is 28.9 Å². The summed E-state index contributed by atoms with van der Waals surface area (Å²) in [5.74, 6) is -0.444. The van der Waals surface area contributed by atoms with Crippen LogP contribution in [0.3, 0.4) is 0 Å². The van der Waals surface area contributed by atoms with Gasteiger partial charge in [-0.3, -0.25) is 0 Å². The molecule has 0 saturated carbocycles. The maximum atomic E-state index is 13.5. The monoisotopic (exact) mass is 362 g/mol. The zero-order valence-corrected chi connectivity index (χ0v) is 13.3. The van der Waals surface area contributed by atoms with Gasteiger partial charge < -0.3 is 10.6 Å². The SMILES string of the molecule is Cc1c(F)cccc1NC(=S)Nc1ccc(Cl)cc1C(F)(F)F. The lowest BCUT2D eigenvalue weighted by Crippen LogP contribution is -2.22. The molecule has 2 nitrogen and oxygen atoms in total. The summed E-state index contributed by atoms with van der Waals surface area (Å²) in [7, 11) is 0. The van der Waals surface area contributed by atoms with Crippen molar-refractivity contribution in [3.8, 4) is 0 Å². The molecule has 0 atom stereocenters. The van der Waals surface area contributed by atoms with E-state index >= 15 is 0 Å². The summed E-state index contributed by atoms with van der Waals surface area (Å²) >= 11 is 10.6. The highest BCUT2D eigenvalue weighted by molar-refractivity contribution is 7.80. The van der Waals surface area contributed by atoms with E-state index in [0.29, 0.717) is 11.3 Å². The van der Waals surface area contributed by atoms with E-state index in [4.69, 9.17) is 23.8 Å². The third-order valence-electron chi connectivity index (χ3n) is 3.05. The Bertz CT molecular complexity index is 747. The molecule has 0 aliphatic carbocycles. The van der Waals surface area contributed by atoms with Crippen molar-refractivity contribution in [3.05, 3.63) is 58.4 Å². The smallest absolute Gasteiger partial charge is 0.332 e. The van der Waals surface area contributed by atoms with Crippen LogP contribution in [0.25, 0.3) is 0 Å². The van der Waals surface area contributed by atoms with E-state index in [1.165, 1.54) is 31.2 Å². The molecule has 0 aliphatic heterocycles. The summed E-state index contributed by atoms with van der Waals surface area (Å²) < 4.78 is 52.5. The number of benzene rings is 2. The fourth-order valence-corrected chi connectivity index (χ4v) is 2.27. The Kier molecular flexibility index (Phi) is 5.11. The molecule has 2 rings (SSSR count). The Morgan fingerprint density at radius 2 is 1.74 bits per heavy atom. The van der Waals surface area contributed by atoms with Gasteiger partial charge in [0.05, 0.1) is 11.3 Å². The Morgan fingerprint density at radius 1 is 1.09 bits per heavy atom. The molecule has 0 saturated heterocycles. The molecule has 0 fully saturated rings. The van der Waals surface area contributed by atoms with E-state index in [-0.39, 0.29) is 15.8 Å². The van der Waals surface area contributed by atoms with Gasteiger partial charge in [0.2, 0.25) is 0 Å². The summed E-state index contributed by atoms with van der Waals surface area (Å²) in [6, 6.07) is 7.61. The minimum Gasteiger partial charge on any atom is -0.332 e. The fraction of sp³-hybridized carbons (Fsp3) is 0.133. The third kappa shape index (κ3) is 4.33. The van der Waals surface area contributed by atoms with E-state index in [9.17, 15) is 17.6 Å². The number of hydrogen-bond acceptors (Lipinski definition) is 1. The third-order valence-corrected chi connectivity index (χ3v) is 3.49. The number of hydrogen-bond donors (Lipinski definition) is 2. The van der Waals surface area contributed by atoms with Crippen molar-refractivity contribution in [2.75, 3.05) is 10.6 Å². The second-order valence-electron chi connectivity index (χ2n) is 4.68. The molecule has 0 aromatic heterocycles. The molecule has 0 bridgehead atoms. The van der Waals surface area contributed by atoms with Gasteiger partial charge in [-0.2, -0.15) is 13.2 Å². The molecule has 0 amide bonds. The summed E-state index contributed by atoms with van der Waals surface area (Å²) in [6.45, 7) is 1.53. The van der Waals surface area contributed by atoms with Crippen LogP contribution >= 0.6 is 23.8 Å². The number of halogens is 5. The maximum Gasteiger partial charge on any atom is 0.418 e. The first kappa shape index (κ1) is 17.5. The molecule has 0 aliphatic rings. The molecular weight excluding hydrogens is 352 g/mol. The van der Waals surface area contributed by atoms with Crippen LogP contribution in [0.1, 0.15) is 11.1 Å². The van der Waals surface area contributed by atoms with Gasteiger partial charge in [0.15, 0.2) is 5.11 Å². The Hall–Kier alpha value is -1.86. The Balaban J connectivity index is 2.23. The zero-order chi connectivity index (χ0) is 17.2. The summed E-state index contributed by atoms with van der Waals surface area (Å²) in [5, 5.41) is 5.00. The van der Waals surface area contributed by atoms with Crippen molar-refractivity contribution in [1.29, 1.82) is 0 Å². The largest absolute Gasteiger partial charge is 0.418 e. The molecule has 2 aromatic rings. The van der Waals surface area contributed by atoms with Crippen molar-refractivity contribution in [3.63, 3.8) is 0 Å². The van der Waals surface area contributed by atoms with Crippen LogP contribution in [0.5, 0.6) is 0 Å². The van der Waals surface area contributed by atoms with E-state index in [1.54, 1.807) is 6.07 Å². The van der Waals surface area contributed by atoms with E-state index in [0.717, 1.165) is 6.07 Å². The van der Waals surface area contributed by atoms with E-state index in [1.807, 2.05) is 0 Å². The van der Waals surface area contributed by atoms with Gasteiger partial charge in [-0.25, -0.2) is 4.39 Å². The lowest BCUT2D eigenvalue weighted by Gasteiger charge is -2.17. The number of thiocarbonyl (C=S) groups is 1. The van der Waals surface area contributed by atoms with Gasteiger partial charge in [-0.1, -0.05) is 17.7 Å². The molecule has 122 valence electrons. The first-order valence-electron chi connectivity index (χ1n) is 6.38. The van der Waals surface area contributed by atoms with Crippen LogP contribution in [-0.2, 0) is 6.18 Å². The molecule has 23 heavy (non-hydrogen) atoms. The summed E-state index contributed by atoms with van der Waals surface area (Å²) in [4.78, 5) is 0. The average Bonchev–Trinajstić information content (AvgIpc) is 2.45. The van der Waals surface area contributed by atoms with Crippen molar-refractivity contribution in [1.82, 2.24) is 0 Å². The summed E-state index contributed by atoms with van der Waals surface area (Å²) in [5.41, 5.74) is -0.507. The van der Waals surface area contributed by atoms with Gasteiger partial charge in [0.1, 0.15) is 5.82 Å². The minimum absolute atomic E-state index is 0.0391. The van der Waals surface area contributed by atoms with Crippen molar-refractivity contribution < 1.29 is 17.6 Å². The van der Waals surface area contributed by atoms with Gasteiger partial charge in [-0.15, -0.1) is 0 Å². The number of anilines is 2. The minimum atomic E-state index is -4.59. The fourth-order valence-electron chi connectivity index (χ4n) is 1.88. The molecule has 0 heterocycles.